The molecule has 1 aliphatic rings. The van der Waals surface area contributed by atoms with Gasteiger partial charge in [0.05, 0.1) is 12.0 Å². The minimum absolute atomic E-state index is 0.0326. The first-order chi connectivity index (χ1) is 14.1. The molecule has 0 fully saturated rings. The highest BCUT2D eigenvalue weighted by Gasteiger charge is 2.25. The highest BCUT2D eigenvalue weighted by Crippen LogP contribution is 2.31. The van der Waals surface area contributed by atoms with Crippen LogP contribution in [0.4, 0.5) is 11.4 Å². The van der Waals surface area contributed by atoms with E-state index in [0.29, 0.717) is 30.8 Å². The van der Waals surface area contributed by atoms with E-state index >= 15 is 0 Å². The van der Waals surface area contributed by atoms with Crippen molar-refractivity contribution in [3.05, 3.63) is 77.9 Å². The summed E-state index contributed by atoms with van der Waals surface area (Å²) in [5.41, 5.74) is 4.56. The van der Waals surface area contributed by atoms with Gasteiger partial charge in [-0.25, -0.2) is 4.98 Å². The SMILES string of the molecule is Cc1cccc2c1N(C(=O)c1cccc(NC(=O)CCn3ccnc3)c1)CCC2. The third kappa shape index (κ3) is 4.21. The summed E-state index contributed by atoms with van der Waals surface area (Å²) in [4.78, 5) is 31.3. The summed E-state index contributed by atoms with van der Waals surface area (Å²) in [5, 5.41) is 2.89. The largest absolute Gasteiger partial charge is 0.337 e. The fraction of sp³-hybridized carbons (Fsp3) is 0.261. The predicted molar refractivity (Wildman–Crippen MR) is 113 cm³/mol. The molecular formula is C23H24N4O2. The number of rotatable bonds is 5. The van der Waals surface area contributed by atoms with E-state index in [0.717, 1.165) is 24.1 Å². The van der Waals surface area contributed by atoms with Gasteiger partial charge in [-0.15, -0.1) is 0 Å². The van der Waals surface area contributed by atoms with Gasteiger partial charge < -0.3 is 14.8 Å². The number of imidazole rings is 1. The van der Waals surface area contributed by atoms with E-state index in [1.807, 2.05) is 34.7 Å². The first kappa shape index (κ1) is 18.9. The second-order valence-electron chi connectivity index (χ2n) is 7.32. The number of carbonyl (C=O) groups is 2. The van der Waals surface area contributed by atoms with Gasteiger partial charge in [-0.3, -0.25) is 9.59 Å². The summed E-state index contributed by atoms with van der Waals surface area (Å²) in [6, 6.07) is 13.4. The van der Waals surface area contributed by atoms with Crippen LogP contribution in [-0.4, -0.2) is 27.9 Å². The van der Waals surface area contributed by atoms with Crippen molar-refractivity contribution in [1.82, 2.24) is 9.55 Å². The van der Waals surface area contributed by atoms with Gasteiger partial charge in [-0.2, -0.15) is 0 Å². The number of amides is 2. The topological polar surface area (TPSA) is 67.2 Å². The molecule has 3 aromatic rings. The van der Waals surface area contributed by atoms with Gasteiger partial charge in [0, 0.05) is 43.2 Å². The van der Waals surface area contributed by atoms with E-state index in [-0.39, 0.29) is 11.8 Å². The Bertz CT molecular complexity index is 1030. The van der Waals surface area contributed by atoms with Crippen LogP contribution in [0.2, 0.25) is 0 Å². The molecule has 0 aliphatic carbocycles. The van der Waals surface area contributed by atoms with Crippen molar-refractivity contribution in [3.8, 4) is 0 Å². The molecule has 2 amide bonds. The maximum absolute atomic E-state index is 13.2. The van der Waals surface area contributed by atoms with Gasteiger partial charge in [-0.05, 0) is 49.1 Å². The summed E-state index contributed by atoms with van der Waals surface area (Å²) in [7, 11) is 0. The fourth-order valence-corrected chi connectivity index (χ4v) is 3.81. The number of aryl methyl sites for hydroxylation is 3. The van der Waals surface area contributed by atoms with Crippen molar-refractivity contribution in [2.75, 3.05) is 16.8 Å². The lowest BCUT2D eigenvalue weighted by Crippen LogP contribution is -2.36. The lowest BCUT2D eigenvalue weighted by Gasteiger charge is -2.31. The standard InChI is InChI=1S/C23H24N4O2/c1-17-5-2-6-18-8-4-12-27(22(17)18)23(29)19-7-3-9-20(15-19)25-21(28)10-13-26-14-11-24-16-26/h2-3,5-7,9,11,14-16H,4,8,10,12-13H2,1H3,(H,25,28). The first-order valence-electron chi connectivity index (χ1n) is 9.88. The average Bonchev–Trinajstić information content (AvgIpc) is 3.25. The van der Waals surface area contributed by atoms with E-state index in [2.05, 4.69) is 16.4 Å². The molecule has 0 saturated heterocycles. The van der Waals surface area contributed by atoms with E-state index < -0.39 is 0 Å². The molecule has 1 aliphatic heterocycles. The second kappa shape index (κ2) is 8.31. The molecule has 0 saturated carbocycles. The summed E-state index contributed by atoms with van der Waals surface area (Å²) in [6.45, 7) is 3.31. The van der Waals surface area contributed by atoms with Gasteiger partial charge in [0.15, 0.2) is 0 Å². The van der Waals surface area contributed by atoms with Crippen molar-refractivity contribution in [2.24, 2.45) is 0 Å². The molecule has 0 unspecified atom stereocenters. The smallest absolute Gasteiger partial charge is 0.258 e. The van der Waals surface area contributed by atoms with E-state index in [1.165, 1.54) is 5.56 Å². The molecular weight excluding hydrogens is 364 g/mol. The van der Waals surface area contributed by atoms with Crippen molar-refractivity contribution < 1.29 is 9.59 Å². The van der Waals surface area contributed by atoms with Gasteiger partial charge in [0.2, 0.25) is 5.91 Å². The maximum Gasteiger partial charge on any atom is 0.258 e. The van der Waals surface area contributed by atoms with Crippen LogP contribution in [0.1, 0.15) is 34.3 Å². The van der Waals surface area contributed by atoms with Crippen LogP contribution in [0.5, 0.6) is 0 Å². The molecule has 29 heavy (non-hydrogen) atoms. The number of benzene rings is 2. The van der Waals surface area contributed by atoms with Gasteiger partial charge in [0.1, 0.15) is 0 Å². The number of nitrogens with zero attached hydrogens (tertiary/aromatic N) is 3. The number of para-hydroxylation sites is 1. The molecule has 2 heterocycles. The van der Waals surface area contributed by atoms with Crippen molar-refractivity contribution in [1.29, 1.82) is 0 Å². The summed E-state index contributed by atoms with van der Waals surface area (Å²) in [6.07, 6.45) is 7.48. The summed E-state index contributed by atoms with van der Waals surface area (Å²) in [5.74, 6) is -0.128. The molecule has 2 aromatic carbocycles. The number of hydrogen-bond acceptors (Lipinski definition) is 3. The Morgan fingerprint density at radius 1 is 1.17 bits per heavy atom. The number of anilines is 2. The zero-order chi connectivity index (χ0) is 20.2. The minimum Gasteiger partial charge on any atom is -0.337 e. The number of aromatic nitrogens is 2. The van der Waals surface area contributed by atoms with Crippen molar-refractivity contribution in [2.45, 2.75) is 32.7 Å². The Balaban J connectivity index is 1.48. The van der Waals surface area contributed by atoms with E-state index in [4.69, 9.17) is 0 Å². The van der Waals surface area contributed by atoms with Gasteiger partial charge in [0.25, 0.3) is 5.91 Å². The third-order valence-electron chi connectivity index (χ3n) is 5.21. The zero-order valence-corrected chi connectivity index (χ0v) is 16.5. The molecule has 0 radical (unpaired) electrons. The van der Waals surface area contributed by atoms with Crippen LogP contribution in [0.15, 0.2) is 61.2 Å². The van der Waals surface area contributed by atoms with Crippen LogP contribution in [0.25, 0.3) is 0 Å². The zero-order valence-electron chi connectivity index (χ0n) is 16.5. The quantitative estimate of drug-likeness (QED) is 0.723. The number of hydrogen-bond donors (Lipinski definition) is 1. The maximum atomic E-state index is 13.2. The highest BCUT2D eigenvalue weighted by atomic mass is 16.2. The Morgan fingerprint density at radius 3 is 2.86 bits per heavy atom. The van der Waals surface area contributed by atoms with Crippen LogP contribution >= 0.6 is 0 Å². The lowest BCUT2D eigenvalue weighted by atomic mass is 9.97. The van der Waals surface area contributed by atoms with E-state index in [1.54, 1.807) is 36.8 Å². The molecule has 1 aromatic heterocycles. The Morgan fingerprint density at radius 2 is 2.03 bits per heavy atom. The first-order valence-corrected chi connectivity index (χ1v) is 9.88. The van der Waals surface area contributed by atoms with Crippen molar-refractivity contribution in [3.63, 3.8) is 0 Å². The van der Waals surface area contributed by atoms with Crippen LogP contribution in [-0.2, 0) is 17.8 Å². The highest BCUT2D eigenvalue weighted by molar-refractivity contribution is 6.08. The van der Waals surface area contributed by atoms with Crippen LogP contribution < -0.4 is 10.2 Å². The summed E-state index contributed by atoms with van der Waals surface area (Å²) < 4.78 is 1.86. The van der Waals surface area contributed by atoms with E-state index in [9.17, 15) is 9.59 Å². The predicted octanol–water partition coefficient (Wildman–Crippen LogP) is 3.81. The fourth-order valence-electron chi connectivity index (χ4n) is 3.81. The Kier molecular flexibility index (Phi) is 5.42. The molecule has 4 rings (SSSR count). The monoisotopic (exact) mass is 388 g/mol. The van der Waals surface area contributed by atoms with Crippen molar-refractivity contribution >= 4 is 23.2 Å². The van der Waals surface area contributed by atoms with Gasteiger partial charge >= 0.3 is 0 Å². The number of nitrogens with one attached hydrogen (secondary N) is 1. The summed E-state index contributed by atoms with van der Waals surface area (Å²) >= 11 is 0. The molecule has 0 atom stereocenters. The van der Waals surface area contributed by atoms with Crippen LogP contribution in [0, 0.1) is 6.92 Å². The Hall–Kier alpha value is -3.41. The second-order valence-corrected chi connectivity index (χ2v) is 7.32. The molecule has 1 N–H and O–H groups in total. The normalized spacial score (nSPS) is 13.1. The molecule has 0 bridgehead atoms. The molecule has 148 valence electrons. The number of fused-ring (bicyclic) bond motifs is 1. The third-order valence-corrected chi connectivity index (χ3v) is 5.21. The van der Waals surface area contributed by atoms with Crippen LogP contribution in [0.3, 0.4) is 0 Å². The molecule has 6 heteroatoms. The molecule has 0 spiro atoms. The lowest BCUT2D eigenvalue weighted by molar-refractivity contribution is -0.116. The number of carbonyl (C=O) groups excluding carboxylic acids is 2. The average molecular weight is 388 g/mol. The van der Waals surface area contributed by atoms with Gasteiger partial charge in [-0.1, -0.05) is 24.3 Å². The Labute approximate surface area is 170 Å². The minimum atomic E-state index is -0.0949. The molecule has 6 nitrogen and oxygen atoms in total.